The van der Waals surface area contributed by atoms with Gasteiger partial charge >= 0.3 is 0 Å². The second-order valence-electron chi connectivity index (χ2n) is 10.9. The molecule has 12 nitrogen and oxygen atoms in total. The topological polar surface area (TPSA) is 162 Å². The fraction of sp³-hybridized carbons (Fsp3) is 0.433. The van der Waals surface area contributed by atoms with E-state index in [1.165, 1.54) is 17.0 Å². The quantitative estimate of drug-likeness (QED) is 0.233. The summed E-state index contributed by atoms with van der Waals surface area (Å²) in [6, 6.07) is 13.7. The molecule has 4 rings (SSSR count). The Balaban J connectivity index is 1.39. The molecule has 228 valence electrons. The maximum atomic E-state index is 13.4. The zero-order valence-corrected chi connectivity index (χ0v) is 24.3. The highest BCUT2D eigenvalue weighted by Gasteiger charge is 2.39. The molecule has 3 aromatic rings. The van der Waals surface area contributed by atoms with E-state index in [4.69, 9.17) is 0 Å². The van der Waals surface area contributed by atoms with Crippen molar-refractivity contribution in [2.45, 2.75) is 58.2 Å². The van der Waals surface area contributed by atoms with Crippen LogP contribution in [0, 0.1) is 17.7 Å². The van der Waals surface area contributed by atoms with Gasteiger partial charge in [-0.25, -0.2) is 4.39 Å². The summed E-state index contributed by atoms with van der Waals surface area (Å²) >= 11 is 0. The van der Waals surface area contributed by atoms with Gasteiger partial charge in [0, 0.05) is 6.54 Å². The monoisotopic (exact) mass is 592 g/mol. The summed E-state index contributed by atoms with van der Waals surface area (Å²) in [5.41, 5.74) is 1.72. The average Bonchev–Trinajstić information content (AvgIpc) is 3.69. The van der Waals surface area contributed by atoms with Crippen LogP contribution in [-0.4, -0.2) is 74.3 Å². The Morgan fingerprint density at radius 3 is 2.47 bits per heavy atom. The summed E-state index contributed by atoms with van der Waals surface area (Å²) in [5, 5.41) is 21.7. The Hall–Kier alpha value is -4.68. The lowest BCUT2D eigenvalue weighted by Gasteiger charge is -2.26. The van der Waals surface area contributed by atoms with Gasteiger partial charge in [-0.3, -0.25) is 19.2 Å². The first kappa shape index (κ1) is 31.3. The minimum Gasteiger partial charge on any atom is -0.347 e. The molecule has 0 spiro atoms. The number of aromatic nitrogens is 4. The smallest absolute Gasteiger partial charge is 0.243 e. The summed E-state index contributed by atoms with van der Waals surface area (Å²) < 4.78 is 13.4. The molecule has 4 atom stereocenters. The third-order valence-corrected chi connectivity index (χ3v) is 7.69. The summed E-state index contributed by atoms with van der Waals surface area (Å²) in [6.07, 6.45) is 1.70. The van der Waals surface area contributed by atoms with Crippen molar-refractivity contribution < 1.29 is 23.6 Å². The minimum absolute atomic E-state index is 0.0342. The van der Waals surface area contributed by atoms with Crippen LogP contribution in [0.3, 0.4) is 0 Å². The summed E-state index contributed by atoms with van der Waals surface area (Å²) in [4.78, 5) is 54.0. The van der Waals surface area contributed by atoms with E-state index in [9.17, 15) is 23.6 Å². The molecule has 13 heteroatoms. The number of benzene rings is 2. The molecule has 1 saturated heterocycles. The molecule has 0 unspecified atom stereocenters. The van der Waals surface area contributed by atoms with Gasteiger partial charge in [-0.1, -0.05) is 67.9 Å². The molecule has 1 fully saturated rings. The van der Waals surface area contributed by atoms with Crippen molar-refractivity contribution in [1.29, 1.82) is 0 Å². The van der Waals surface area contributed by atoms with E-state index < -0.39 is 23.9 Å². The van der Waals surface area contributed by atoms with Crippen LogP contribution in [0.5, 0.6) is 0 Å². The average molecular weight is 593 g/mol. The summed E-state index contributed by atoms with van der Waals surface area (Å²) in [5.74, 6) is -1.84. The van der Waals surface area contributed by atoms with Crippen LogP contribution in [0.25, 0.3) is 0 Å². The molecule has 0 radical (unpaired) electrons. The number of tetrazole rings is 1. The van der Waals surface area contributed by atoms with E-state index in [-0.39, 0.29) is 55.5 Å². The SMILES string of the molecule is CC[C@H](C)[C@H](NC(=O)Cc1ccccc1)C(=O)NCC(=O)N1C[C@H](Cc2ccc(F)cc2)C[C@H]1C(=O)NCc1nn[nH]n1. The van der Waals surface area contributed by atoms with Crippen molar-refractivity contribution in [3.63, 3.8) is 0 Å². The van der Waals surface area contributed by atoms with Gasteiger partial charge in [-0.15, -0.1) is 10.2 Å². The first-order valence-electron chi connectivity index (χ1n) is 14.4. The molecule has 4 N–H and O–H groups in total. The second kappa shape index (κ2) is 15.0. The Morgan fingerprint density at radius 2 is 1.79 bits per heavy atom. The highest BCUT2D eigenvalue weighted by atomic mass is 19.1. The van der Waals surface area contributed by atoms with Gasteiger partial charge < -0.3 is 20.9 Å². The molecule has 43 heavy (non-hydrogen) atoms. The first-order valence-corrected chi connectivity index (χ1v) is 14.4. The maximum absolute atomic E-state index is 13.4. The van der Waals surface area contributed by atoms with Crippen LogP contribution >= 0.6 is 0 Å². The lowest BCUT2D eigenvalue weighted by Crippen LogP contribution is -2.53. The number of likely N-dealkylation sites (tertiary alicyclic amines) is 1. The molecular weight excluding hydrogens is 555 g/mol. The van der Waals surface area contributed by atoms with Gasteiger partial charge in [-0.2, -0.15) is 5.21 Å². The van der Waals surface area contributed by atoms with Gasteiger partial charge in [0.1, 0.15) is 17.9 Å². The van der Waals surface area contributed by atoms with Gasteiger partial charge in [0.15, 0.2) is 5.82 Å². The molecule has 1 aliphatic heterocycles. The number of hydrogen-bond acceptors (Lipinski definition) is 7. The lowest BCUT2D eigenvalue weighted by molar-refractivity contribution is -0.139. The molecule has 1 aliphatic rings. The number of amides is 4. The minimum atomic E-state index is -0.826. The molecule has 0 saturated carbocycles. The predicted octanol–water partition coefficient (Wildman–Crippen LogP) is 1.30. The van der Waals surface area contributed by atoms with E-state index in [1.807, 2.05) is 44.2 Å². The number of nitrogens with zero attached hydrogens (tertiary/aromatic N) is 4. The highest BCUT2D eigenvalue weighted by Crippen LogP contribution is 2.27. The third kappa shape index (κ3) is 8.90. The molecule has 2 heterocycles. The fourth-order valence-electron chi connectivity index (χ4n) is 5.17. The summed E-state index contributed by atoms with van der Waals surface area (Å²) in [7, 11) is 0. The zero-order valence-electron chi connectivity index (χ0n) is 24.3. The highest BCUT2D eigenvalue weighted by molar-refractivity contribution is 5.93. The van der Waals surface area contributed by atoms with Gasteiger partial charge in [0.2, 0.25) is 23.6 Å². The predicted molar refractivity (Wildman–Crippen MR) is 154 cm³/mol. The van der Waals surface area contributed by atoms with Crippen molar-refractivity contribution in [2.24, 2.45) is 11.8 Å². The fourth-order valence-corrected chi connectivity index (χ4v) is 5.17. The van der Waals surface area contributed by atoms with Crippen LogP contribution in [0.4, 0.5) is 4.39 Å². The maximum Gasteiger partial charge on any atom is 0.243 e. The van der Waals surface area contributed by atoms with E-state index >= 15 is 0 Å². The van der Waals surface area contributed by atoms with Gasteiger partial charge in [0.25, 0.3) is 0 Å². The Kier molecular flexibility index (Phi) is 10.9. The van der Waals surface area contributed by atoms with Crippen molar-refractivity contribution in [3.05, 3.63) is 77.4 Å². The van der Waals surface area contributed by atoms with E-state index in [1.54, 1.807) is 12.1 Å². The number of carbonyl (C=O) groups excluding carboxylic acids is 4. The van der Waals surface area contributed by atoms with Crippen LogP contribution < -0.4 is 16.0 Å². The lowest BCUT2D eigenvalue weighted by atomic mass is 9.96. The van der Waals surface area contributed by atoms with Crippen molar-refractivity contribution in [3.8, 4) is 0 Å². The van der Waals surface area contributed by atoms with Gasteiger partial charge in [-0.05, 0) is 47.9 Å². The van der Waals surface area contributed by atoms with E-state index in [0.29, 0.717) is 25.1 Å². The second-order valence-corrected chi connectivity index (χ2v) is 10.9. The van der Waals surface area contributed by atoms with Crippen LogP contribution in [-0.2, 0) is 38.6 Å². The Morgan fingerprint density at radius 1 is 1.05 bits per heavy atom. The number of H-pyrrole nitrogens is 1. The van der Waals surface area contributed by atoms with Crippen molar-refractivity contribution in [2.75, 3.05) is 13.1 Å². The number of rotatable bonds is 13. The number of hydrogen-bond donors (Lipinski definition) is 4. The molecule has 4 amide bonds. The normalized spacial score (nSPS) is 17.6. The molecule has 2 aromatic carbocycles. The summed E-state index contributed by atoms with van der Waals surface area (Å²) in [6.45, 7) is 3.77. The number of carbonyl (C=O) groups is 4. The molecule has 1 aromatic heterocycles. The first-order chi connectivity index (χ1) is 20.7. The van der Waals surface area contributed by atoms with E-state index in [2.05, 4.69) is 36.6 Å². The molecule has 0 bridgehead atoms. The van der Waals surface area contributed by atoms with Crippen LogP contribution in [0.15, 0.2) is 54.6 Å². The zero-order chi connectivity index (χ0) is 30.8. The standard InChI is InChI=1S/C30H37FN8O4/c1-3-19(2)28(34-26(40)15-20-7-5-4-6-8-20)30(43)33-17-27(41)39-18-22(13-21-9-11-23(31)12-10-21)14-24(39)29(42)32-16-25-35-37-38-36-25/h4-12,19,22,24,28H,3,13-18H2,1-2H3,(H,32,42)(H,33,43)(H,34,40)(H,35,36,37,38)/t19-,22+,24-,28-/m0/s1. The number of halogens is 1. The van der Waals surface area contributed by atoms with E-state index in [0.717, 1.165) is 11.1 Å². The Labute approximate surface area is 249 Å². The number of nitrogens with one attached hydrogen (secondary N) is 4. The molecular formula is C30H37FN8O4. The Bertz CT molecular complexity index is 1370. The molecule has 0 aliphatic carbocycles. The van der Waals surface area contributed by atoms with Crippen molar-refractivity contribution in [1.82, 2.24) is 41.5 Å². The van der Waals surface area contributed by atoms with Crippen molar-refractivity contribution >= 4 is 23.6 Å². The van der Waals surface area contributed by atoms with Gasteiger partial charge in [0.05, 0.1) is 19.5 Å². The van der Waals surface area contributed by atoms with Crippen LogP contribution in [0.2, 0.25) is 0 Å². The third-order valence-electron chi connectivity index (χ3n) is 7.69. The number of aromatic amines is 1. The largest absolute Gasteiger partial charge is 0.347 e. The van der Waals surface area contributed by atoms with Crippen LogP contribution in [0.1, 0.15) is 43.6 Å².